The molecule has 7 nitrogen and oxygen atoms in total. The van der Waals surface area contributed by atoms with Crippen LogP contribution in [0.25, 0.3) is 0 Å². The molecule has 2 aromatic carbocycles. The lowest BCUT2D eigenvalue weighted by Gasteiger charge is -2.34. The molecule has 2 aromatic rings. The van der Waals surface area contributed by atoms with Crippen molar-refractivity contribution in [1.82, 2.24) is 0 Å². The Labute approximate surface area is 156 Å². The smallest absolute Gasteiger partial charge is 0.272 e. The molecule has 1 aliphatic rings. The molecule has 0 radical (unpaired) electrons. The number of hydrogen-bond donors (Lipinski definition) is 1. The van der Waals surface area contributed by atoms with E-state index >= 15 is 0 Å². The molecule has 0 aromatic heterocycles. The fraction of sp³-hybridized carbons (Fsp3) is 0.368. The summed E-state index contributed by atoms with van der Waals surface area (Å²) in [7, 11) is 3.21. The number of anilines is 2. The van der Waals surface area contributed by atoms with Crippen molar-refractivity contribution in [3.8, 4) is 11.5 Å². The lowest BCUT2D eigenvalue weighted by molar-refractivity contribution is -0.385. The molecule has 0 saturated carbocycles. The second-order valence-corrected chi connectivity index (χ2v) is 6.40. The number of nitro benzene ring substituents is 1. The van der Waals surface area contributed by atoms with Gasteiger partial charge in [-0.2, -0.15) is 0 Å². The summed E-state index contributed by atoms with van der Waals surface area (Å²) in [5, 5.41) is 14.2. The van der Waals surface area contributed by atoms with Crippen molar-refractivity contribution in [3.05, 3.63) is 52.3 Å². The quantitative estimate of drug-likeness (QED) is 0.611. The number of halogens is 1. The van der Waals surface area contributed by atoms with Gasteiger partial charge < -0.3 is 19.7 Å². The van der Waals surface area contributed by atoms with Gasteiger partial charge in [0.2, 0.25) is 0 Å². The average Bonchev–Trinajstić information content (AvgIpc) is 2.68. The van der Waals surface area contributed by atoms with Crippen LogP contribution in [0.1, 0.15) is 12.8 Å². The average molecular weight is 375 g/mol. The highest BCUT2D eigenvalue weighted by Gasteiger charge is 2.22. The molecule has 0 amide bonds. The predicted molar refractivity (Wildman–Crippen MR) is 101 cm³/mol. The monoisotopic (exact) mass is 375 g/mol. The van der Waals surface area contributed by atoms with Crippen molar-refractivity contribution in [2.24, 2.45) is 0 Å². The second-order valence-electron chi connectivity index (χ2n) is 6.40. The van der Waals surface area contributed by atoms with Gasteiger partial charge in [-0.3, -0.25) is 10.1 Å². The molecule has 1 fully saturated rings. The predicted octanol–water partition coefficient (Wildman–Crippen LogP) is 3.83. The number of methoxy groups -OCH3 is 2. The fourth-order valence-corrected chi connectivity index (χ4v) is 3.26. The van der Waals surface area contributed by atoms with E-state index in [0.29, 0.717) is 30.3 Å². The molecule has 0 unspecified atom stereocenters. The van der Waals surface area contributed by atoms with Crippen LogP contribution in [-0.4, -0.2) is 38.3 Å². The highest BCUT2D eigenvalue weighted by Crippen LogP contribution is 2.30. The third kappa shape index (κ3) is 4.39. The van der Waals surface area contributed by atoms with E-state index in [9.17, 15) is 14.5 Å². The Morgan fingerprint density at radius 1 is 1.11 bits per heavy atom. The number of nitro groups is 1. The van der Waals surface area contributed by atoms with E-state index in [0.717, 1.165) is 24.6 Å². The highest BCUT2D eigenvalue weighted by molar-refractivity contribution is 5.55. The summed E-state index contributed by atoms with van der Waals surface area (Å²) in [6, 6.07) is 9.65. The number of hydrogen-bond acceptors (Lipinski definition) is 6. The van der Waals surface area contributed by atoms with Gasteiger partial charge >= 0.3 is 0 Å². The first-order chi connectivity index (χ1) is 13.0. The molecule has 1 heterocycles. The number of piperidine rings is 1. The van der Waals surface area contributed by atoms with E-state index in [-0.39, 0.29) is 11.7 Å². The minimum absolute atomic E-state index is 0.235. The molecule has 8 heteroatoms. The van der Waals surface area contributed by atoms with E-state index in [2.05, 4.69) is 5.32 Å². The first kappa shape index (κ1) is 18.8. The first-order valence-corrected chi connectivity index (χ1v) is 8.68. The number of ether oxygens (including phenoxy) is 2. The van der Waals surface area contributed by atoms with Crippen molar-refractivity contribution in [2.45, 2.75) is 18.9 Å². The van der Waals surface area contributed by atoms with Crippen LogP contribution in [0, 0.1) is 15.9 Å². The molecule has 144 valence electrons. The molecule has 3 rings (SSSR count). The molecule has 1 N–H and O–H groups in total. The van der Waals surface area contributed by atoms with E-state index < -0.39 is 10.7 Å². The van der Waals surface area contributed by atoms with E-state index in [1.54, 1.807) is 14.2 Å². The number of rotatable bonds is 6. The number of nitrogens with zero attached hydrogens (tertiary/aromatic N) is 2. The maximum absolute atomic E-state index is 14.2. The van der Waals surface area contributed by atoms with Crippen molar-refractivity contribution >= 4 is 17.1 Å². The molecule has 0 atom stereocenters. The Balaban J connectivity index is 1.63. The lowest BCUT2D eigenvalue weighted by Crippen LogP contribution is -2.39. The van der Waals surface area contributed by atoms with Gasteiger partial charge in [-0.15, -0.1) is 0 Å². The molecule has 0 aliphatic carbocycles. The zero-order valence-electron chi connectivity index (χ0n) is 15.3. The van der Waals surface area contributed by atoms with Crippen molar-refractivity contribution in [3.63, 3.8) is 0 Å². The Hall–Kier alpha value is -3.03. The number of benzene rings is 2. The fourth-order valence-electron chi connectivity index (χ4n) is 3.26. The summed E-state index contributed by atoms with van der Waals surface area (Å²) in [4.78, 5) is 12.1. The van der Waals surface area contributed by atoms with E-state index in [4.69, 9.17) is 9.47 Å². The molecule has 0 bridgehead atoms. The largest absolute Gasteiger partial charge is 0.497 e. The molecule has 1 aliphatic heterocycles. The van der Waals surface area contributed by atoms with Gasteiger partial charge in [0.05, 0.1) is 30.9 Å². The van der Waals surface area contributed by atoms with Crippen LogP contribution in [0.4, 0.5) is 21.5 Å². The zero-order chi connectivity index (χ0) is 19.4. The van der Waals surface area contributed by atoms with E-state index in [1.165, 1.54) is 12.1 Å². The van der Waals surface area contributed by atoms with Crippen molar-refractivity contribution < 1.29 is 18.8 Å². The molecule has 27 heavy (non-hydrogen) atoms. The first-order valence-electron chi connectivity index (χ1n) is 8.68. The minimum Gasteiger partial charge on any atom is -0.497 e. The van der Waals surface area contributed by atoms with Crippen LogP contribution >= 0.6 is 0 Å². The Bertz CT molecular complexity index is 800. The Morgan fingerprint density at radius 3 is 2.26 bits per heavy atom. The summed E-state index contributed by atoms with van der Waals surface area (Å²) < 4.78 is 24.8. The van der Waals surface area contributed by atoms with Gasteiger partial charge in [-0.1, -0.05) is 0 Å². The van der Waals surface area contributed by atoms with Crippen molar-refractivity contribution in [1.29, 1.82) is 0 Å². The van der Waals surface area contributed by atoms with E-state index in [1.807, 2.05) is 23.1 Å². The third-order valence-corrected chi connectivity index (χ3v) is 4.70. The SMILES string of the molecule is COc1cc(NC2CCN(c3ccc([N+](=O)[O-])cc3F)CC2)cc(OC)c1. The zero-order valence-corrected chi connectivity index (χ0v) is 15.3. The maximum Gasteiger partial charge on any atom is 0.272 e. The minimum atomic E-state index is -0.592. The van der Waals surface area contributed by atoms with Gasteiger partial charge in [0.25, 0.3) is 5.69 Å². The van der Waals surface area contributed by atoms with Gasteiger partial charge in [0.1, 0.15) is 11.5 Å². The summed E-state index contributed by atoms with van der Waals surface area (Å²) in [6.45, 7) is 1.32. The molecular weight excluding hydrogens is 353 g/mol. The number of non-ortho nitro benzene ring substituents is 1. The van der Waals surface area contributed by atoms with Gasteiger partial charge in [0, 0.05) is 49.1 Å². The molecular formula is C19H22FN3O4. The van der Waals surface area contributed by atoms with Crippen LogP contribution in [0.2, 0.25) is 0 Å². The van der Waals surface area contributed by atoms with Crippen LogP contribution in [0.5, 0.6) is 11.5 Å². The third-order valence-electron chi connectivity index (χ3n) is 4.70. The Kier molecular flexibility index (Phi) is 5.63. The second kappa shape index (κ2) is 8.11. The summed E-state index contributed by atoms with van der Waals surface area (Å²) in [5.74, 6) is 0.859. The van der Waals surface area contributed by atoms with Gasteiger partial charge in [-0.05, 0) is 18.9 Å². The standard InChI is InChI=1S/C19H22FN3O4/c1-26-16-9-14(10-17(12-16)27-2)21-13-5-7-22(8-6-13)19-4-3-15(23(24)25)11-18(19)20/h3-4,9-13,21H,5-8H2,1-2H3. The summed E-state index contributed by atoms with van der Waals surface area (Å²) >= 11 is 0. The molecule has 0 spiro atoms. The lowest BCUT2D eigenvalue weighted by atomic mass is 10.0. The normalized spacial score (nSPS) is 14.7. The Morgan fingerprint density at radius 2 is 1.74 bits per heavy atom. The maximum atomic E-state index is 14.2. The highest BCUT2D eigenvalue weighted by atomic mass is 19.1. The van der Waals surface area contributed by atoms with Crippen molar-refractivity contribution in [2.75, 3.05) is 37.5 Å². The van der Waals surface area contributed by atoms with Crippen LogP contribution in [-0.2, 0) is 0 Å². The summed E-state index contributed by atoms with van der Waals surface area (Å²) in [6.07, 6.45) is 1.63. The van der Waals surface area contributed by atoms with Gasteiger partial charge in [0.15, 0.2) is 5.82 Å². The van der Waals surface area contributed by atoms with Gasteiger partial charge in [-0.25, -0.2) is 4.39 Å². The van der Waals surface area contributed by atoms with Crippen LogP contribution in [0.15, 0.2) is 36.4 Å². The summed E-state index contributed by atoms with van der Waals surface area (Å²) in [5.41, 5.74) is 1.08. The van der Waals surface area contributed by atoms with Crippen LogP contribution in [0.3, 0.4) is 0 Å². The number of nitrogens with one attached hydrogen (secondary N) is 1. The molecule has 1 saturated heterocycles. The topological polar surface area (TPSA) is 76.9 Å². The van der Waals surface area contributed by atoms with Crippen LogP contribution < -0.4 is 19.7 Å².